The lowest BCUT2D eigenvalue weighted by molar-refractivity contribution is 0.297. The molecule has 10 heteroatoms. The fourth-order valence-electron chi connectivity index (χ4n) is 2.73. The molecule has 0 unspecified atom stereocenters. The van der Waals surface area contributed by atoms with Gasteiger partial charge < -0.3 is 15.2 Å². The zero-order chi connectivity index (χ0) is 21.6. The van der Waals surface area contributed by atoms with Gasteiger partial charge in [-0.15, -0.1) is 0 Å². The molecule has 0 fully saturated rings. The second-order valence-corrected chi connectivity index (χ2v) is 8.39. The van der Waals surface area contributed by atoms with Crippen molar-refractivity contribution in [3.8, 4) is 11.5 Å². The third-order valence-electron chi connectivity index (χ3n) is 4.21. The Morgan fingerprint density at radius 3 is 2.81 bits per heavy atom. The molecule has 2 N–H and O–H groups in total. The van der Waals surface area contributed by atoms with Crippen molar-refractivity contribution in [2.24, 2.45) is 0 Å². The molecule has 0 aromatic carbocycles. The molecule has 0 aliphatic heterocycles. The monoisotopic (exact) mass is 452 g/mol. The Labute approximate surface area is 188 Å². The quantitative estimate of drug-likeness (QED) is 0.398. The third-order valence-corrected chi connectivity index (χ3v) is 5.79. The number of rotatable bonds is 8. The lowest BCUT2D eigenvalue weighted by atomic mass is 10.2. The summed E-state index contributed by atoms with van der Waals surface area (Å²) in [6, 6.07) is 9.58. The number of aryl methyl sites for hydroxylation is 2. The van der Waals surface area contributed by atoms with Crippen LogP contribution >= 0.6 is 23.3 Å². The van der Waals surface area contributed by atoms with Crippen LogP contribution in [0.15, 0.2) is 58.8 Å². The summed E-state index contributed by atoms with van der Waals surface area (Å²) in [5.41, 5.74) is 1.76. The van der Waals surface area contributed by atoms with Gasteiger partial charge in [0, 0.05) is 47.5 Å². The van der Waals surface area contributed by atoms with Crippen LogP contribution in [-0.4, -0.2) is 36.0 Å². The van der Waals surface area contributed by atoms with Gasteiger partial charge in [-0.25, -0.2) is 15.0 Å². The predicted molar refractivity (Wildman–Crippen MR) is 120 cm³/mol. The zero-order valence-electron chi connectivity index (χ0n) is 16.9. The van der Waals surface area contributed by atoms with Crippen molar-refractivity contribution in [3.63, 3.8) is 0 Å². The maximum atomic E-state index is 9.09. The number of pyridine rings is 3. The zero-order valence-corrected chi connectivity index (χ0v) is 18.6. The van der Waals surface area contributed by atoms with Crippen LogP contribution in [0.3, 0.4) is 0 Å². The second kappa shape index (κ2) is 9.82. The highest BCUT2D eigenvalue weighted by Crippen LogP contribution is 2.37. The summed E-state index contributed by atoms with van der Waals surface area (Å²) in [7, 11) is 0. The van der Waals surface area contributed by atoms with Crippen LogP contribution < -0.4 is 10.1 Å². The van der Waals surface area contributed by atoms with Crippen molar-refractivity contribution >= 4 is 34.2 Å². The summed E-state index contributed by atoms with van der Waals surface area (Å²) in [5, 5.41) is 13.7. The highest BCUT2D eigenvalue weighted by Gasteiger charge is 2.15. The maximum Gasteiger partial charge on any atom is 0.208 e. The van der Waals surface area contributed by atoms with Crippen LogP contribution in [0.1, 0.15) is 17.1 Å². The van der Waals surface area contributed by atoms with Crippen molar-refractivity contribution in [1.82, 2.24) is 24.3 Å². The van der Waals surface area contributed by atoms with Crippen LogP contribution in [0.2, 0.25) is 0 Å². The number of aliphatic hydroxyl groups excluding tert-OH is 1. The SMILES string of the molecule is Cc1ccnc(C)c1Oc1cc(Sc2ccccn2)cnc1Nc1nc(CCO)ns1. The highest BCUT2D eigenvalue weighted by atomic mass is 32.2. The molecular weight excluding hydrogens is 432 g/mol. The van der Waals surface area contributed by atoms with Crippen LogP contribution in [-0.2, 0) is 6.42 Å². The van der Waals surface area contributed by atoms with E-state index in [1.807, 2.05) is 44.2 Å². The van der Waals surface area contributed by atoms with Gasteiger partial charge in [0.05, 0.1) is 12.3 Å². The van der Waals surface area contributed by atoms with Gasteiger partial charge in [0.15, 0.2) is 17.3 Å². The summed E-state index contributed by atoms with van der Waals surface area (Å²) in [6.07, 6.45) is 5.67. The summed E-state index contributed by atoms with van der Waals surface area (Å²) in [6.45, 7) is 3.88. The minimum absolute atomic E-state index is 0.00177. The number of ether oxygens (including phenoxy) is 1. The average molecular weight is 453 g/mol. The van der Waals surface area contributed by atoms with Crippen molar-refractivity contribution in [1.29, 1.82) is 0 Å². The van der Waals surface area contributed by atoms with Crippen LogP contribution in [0.4, 0.5) is 10.9 Å². The Bertz CT molecular complexity index is 1150. The first-order valence-electron chi connectivity index (χ1n) is 9.52. The van der Waals surface area contributed by atoms with E-state index in [-0.39, 0.29) is 6.61 Å². The van der Waals surface area contributed by atoms with E-state index < -0.39 is 0 Å². The van der Waals surface area contributed by atoms with Crippen LogP contribution in [0, 0.1) is 13.8 Å². The van der Waals surface area contributed by atoms with Gasteiger partial charge in [-0.1, -0.05) is 17.8 Å². The van der Waals surface area contributed by atoms with Crippen molar-refractivity contribution < 1.29 is 9.84 Å². The normalized spacial score (nSPS) is 10.8. The average Bonchev–Trinajstić information content (AvgIpc) is 3.20. The number of nitrogens with one attached hydrogen (secondary N) is 1. The van der Waals surface area contributed by atoms with Crippen molar-refractivity contribution in [2.75, 3.05) is 11.9 Å². The third kappa shape index (κ3) is 5.35. The molecule has 0 amide bonds. The number of aromatic nitrogens is 5. The first kappa shape index (κ1) is 21.2. The van der Waals surface area contributed by atoms with Gasteiger partial charge >= 0.3 is 0 Å². The van der Waals surface area contributed by atoms with Gasteiger partial charge in [-0.3, -0.25) is 4.98 Å². The van der Waals surface area contributed by atoms with E-state index in [0.29, 0.717) is 34.7 Å². The van der Waals surface area contributed by atoms with Crippen molar-refractivity contribution in [2.45, 2.75) is 30.2 Å². The molecule has 0 aliphatic carbocycles. The van der Waals surface area contributed by atoms with Gasteiger partial charge in [0.2, 0.25) is 5.13 Å². The fraction of sp³-hybridized carbons (Fsp3) is 0.190. The summed E-state index contributed by atoms with van der Waals surface area (Å²) >= 11 is 2.70. The molecule has 8 nitrogen and oxygen atoms in total. The predicted octanol–water partition coefficient (Wildman–Crippen LogP) is 4.56. The standard InChI is InChI=1S/C21H20N6O2S2/c1-13-6-9-22-14(2)19(13)29-16-11-15(30-18-5-3-4-8-23-18)12-24-20(16)26-21-25-17(7-10-28)27-31-21/h3-6,8-9,11-12,28H,7,10H2,1-2H3,(H,24,25,26,27). The van der Waals surface area contributed by atoms with E-state index in [4.69, 9.17) is 9.84 Å². The molecule has 4 heterocycles. The van der Waals surface area contributed by atoms with E-state index in [9.17, 15) is 0 Å². The topological polar surface area (TPSA) is 106 Å². The lowest BCUT2D eigenvalue weighted by Crippen LogP contribution is -2.00. The number of hydrogen-bond acceptors (Lipinski definition) is 10. The molecule has 0 saturated carbocycles. The summed E-state index contributed by atoms with van der Waals surface area (Å²) < 4.78 is 10.5. The molecule has 0 saturated heterocycles. The minimum Gasteiger partial charge on any atom is -0.451 e. The van der Waals surface area contributed by atoms with Gasteiger partial charge in [-0.2, -0.15) is 4.37 Å². The molecule has 4 aromatic rings. The Hall–Kier alpha value is -3.08. The molecule has 0 radical (unpaired) electrons. The Kier molecular flexibility index (Phi) is 6.70. The Morgan fingerprint density at radius 2 is 2.03 bits per heavy atom. The van der Waals surface area contributed by atoms with E-state index in [1.165, 1.54) is 23.3 Å². The molecular formula is C21H20N6O2S2. The number of nitrogens with zero attached hydrogens (tertiary/aromatic N) is 5. The maximum absolute atomic E-state index is 9.09. The largest absolute Gasteiger partial charge is 0.451 e. The molecule has 0 bridgehead atoms. The van der Waals surface area contributed by atoms with Crippen molar-refractivity contribution in [3.05, 3.63) is 66.0 Å². The van der Waals surface area contributed by atoms with E-state index >= 15 is 0 Å². The van der Waals surface area contributed by atoms with Gasteiger partial charge in [0.1, 0.15) is 10.9 Å². The molecule has 4 aromatic heterocycles. The smallest absolute Gasteiger partial charge is 0.208 e. The molecule has 158 valence electrons. The van der Waals surface area contributed by atoms with E-state index in [2.05, 4.69) is 29.6 Å². The molecule has 31 heavy (non-hydrogen) atoms. The number of aliphatic hydroxyl groups is 1. The Morgan fingerprint density at radius 1 is 1.13 bits per heavy atom. The van der Waals surface area contributed by atoms with Crippen LogP contribution in [0.5, 0.6) is 11.5 Å². The van der Waals surface area contributed by atoms with Gasteiger partial charge in [0.25, 0.3) is 0 Å². The van der Waals surface area contributed by atoms with E-state index in [1.54, 1.807) is 18.6 Å². The molecule has 0 aliphatic rings. The Balaban J connectivity index is 1.67. The molecule has 0 spiro atoms. The number of hydrogen-bond donors (Lipinski definition) is 2. The summed E-state index contributed by atoms with van der Waals surface area (Å²) in [4.78, 5) is 18.5. The second-order valence-electron chi connectivity index (χ2n) is 6.55. The first-order chi connectivity index (χ1) is 15.1. The van der Waals surface area contributed by atoms with Crippen LogP contribution in [0.25, 0.3) is 0 Å². The van der Waals surface area contributed by atoms with Gasteiger partial charge in [-0.05, 0) is 37.6 Å². The lowest BCUT2D eigenvalue weighted by Gasteiger charge is -2.15. The molecule has 0 atom stereocenters. The first-order valence-corrected chi connectivity index (χ1v) is 11.1. The molecule has 4 rings (SSSR count). The van der Waals surface area contributed by atoms with E-state index in [0.717, 1.165) is 21.2 Å². The number of anilines is 2. The minimum atomic E-state index is 0.00177. The summed E-state index contributed by atoms with van der Waals surface area (Å²) in [5.74, 6) is 2.32. The fourth-order valence-corrected chi connectivity index (χ4v) is 4.12. The highest BCUT2D eigenvalue weighted by molar-refractivity contribution is 7.99.